The zero-order valence-electron chi connectivity index (χ0n) is 12.3. The van der Waals surface area contributed by atoms with Crippen molar-refractivity contribution in [1.29, 1.82) is 0 Å². The van der Waals surface area contributed by atoms with Crippen molar-refractivity contribution in [3.05, 3.63) is 29.1 Å². The van der Waals surface area contributed by atoms with E-state index in [1.165, 1.54) is 4.68 Å². The van der Waals surface area contributed by atoms with E-state index >= 15 is 0 Å². The highest BCUT2D eigenvalue weighted by molar-refractivity contribution is 7.89. The zero-order chi connectivity index (χ0) is 15.8. The number of nitrogens with one attached hydrogen (secondary N) is 2. The highest BCUT2D eigenvalue weighted by Crippen LogP contribution is 2.27. The molecule has 2 rings (SSSR count). The Morgan fingerprint density at radius 3 is 2.52 bits per heavy atom. The van der Waals surface area contributed by atoms with Crippen molar-refractivity contribution in [2.24, 2.45) is 13.0 Å². The molecule has 116 valence electrons. The summed E-state index contributed by atoms with van der Waals surface area (Å²) in [6, 6.07) is -0.472. The number of halogens is 1. The maximum Gasteiger partial charge on any atom is 0.246 e. The number of hydrogen-bond acceptors (Lipinski definition) is 4. The van der Waals surface area contributed by atoms with Gasteiger partial charge in [0.05, 0.1) is 11.7 Å². The van der Waals surface area contributed by atoms with Gasteiger partial charge in [-0.3, -0.25) is 4.68 Å². The van der Waals surface area contributed by atoms with Crippen LogP contribution in [0, 0.1) is 12.8 Å². The van der Waals surface area contributed by atoms with E-state index in [9.17, 15) is 8.42 Å². The van der Waals surface area contributed by atoms with E-state index in [1.54, 1.807) is 26.4 Å². The predicted molar refractivity (Wildman–Crippen MR) is 79.4 cm³/mol. The lowest BCUT2D eigenvalue weighted by Gasteiger charge is -2.20. The van der Waals surface area contributed by atoms with Crippen LogP contribution in [0.3, 0.4) is 0 Å². The number of hydrogen-bond donors (Lipinski definition) is 2. The van der Waals surface area contributed by atoms with Gasteiger partial charge in [0.15, 0.2) is 0 Å². The van der Waals surface area contributed by atoms with E-state index in [0.29, 0.717) is 11.5 Å². The van der Waals surface area contributed by atoms with Crippen LogP contribution >= 0.6 is 11.6 Å². The summed E-state index contributed by atoms with van der Waals surface area (Å²) in [5.41, 5.74) is 0.358. The van der Waals surface area contributed by atoms with Gasteiger partial charge in [0.1, 0.15) is 15.9 Å². The predicted octanol–water partition coefficient (Wildman–Crippen LogP) is 1.78. The van der Waals surface area contributed by atoms with Gasteiger partial charge in [0.2, 0.25) is 10.0 Å². The SMILES string of the molecule is Cc1nn(C)c(Cl)c1S(=O)(=O)N[C@H](c1ncc[nH]1)C(C)C. The van der Waals surface area contributed by atoms with Crippen LogP contribution in [0.4, 0.5) is 0 Å². The standard InChI is InChI=1S/C12H18ClN5O2S/c1-7(2)9(12-14-5-6-15-12)17-21(19,20)10-8(3)16-18(4)11(10)13/h5-7,9,17H,1-4H3,(H,14,15)/t9-/m0/s1. The third kappa shape index (κ3) is 3.12. The minimum absolute atomic E-state index is 0.00359. The van der Waals surface area contributed by atoms with E-state index in [4.69, 9.17) is 11.6 Å². The third-order valence-corrected chi connectivity index (χ3v) is 5.27. The molecule has 0 bridgehead atoms. The first-order valence-corrected chi connectivity index (χ1v) is 8.31. The number of rotatable bonds is 5. The Hall–Kier alpha value is -1.38. The van der Waals surface area contributed by atoms with Crippen LogP contribution in [-0.2, 0) is 17.1 Å². The van der Waals surface area contributed by atoms with Crippen LogP contribution in [0.1, 0.15) is 31.4 Å². The maximum atomic E-state index is 12.6. The second-order valence-corrected chi connectivity index (χ2v) is 7.16. The van der Waals surface area contributed by atoms with Crippen LogP contribution in [0.5, 0.6) is 0 Å². The number of nitrogens with zero attached hydrogens (tertiary/aromatic N) is 3. The molecule has 0 saturated carbocycles. The third-order valence-electron chi connectivity index (χ3n) is 3.13. The molecule has 0 aliphatic carbocycles. The Balaban J connectivity index is 2.40. The van der Waals surface area contributed by atoms with E-state index < -0.39 is 16.1 Å². The van der Waals surface area contributed by atoms with Gasteiger partial charge >= 0.3 is 0 Å². The van der Waals surface area contributed by atoms with Gasteiger partial charge in [-0.25, -0.2) is 18.1 Å². The monoisotopic (exact) mass is 331 g/mol. The van der Waals surface area contributed by atoms with Crippen molar-refractivity contribution in [2.75, 3.05) is 0 Å². The topological polar surface area (TPSA) is 92.7 Å². The minimum Gasteiger partial charge on any atom is -0.347 e. The molecule has 0 spiro atoms. The highest BCUT2D eigenvalue weighted by atomic mass is 35.5. The van der Waals surface area contributed by atoms with E-state index in [1.807, 2.05) is 13.8 Å². The normalized spacial score (nSPS) is 13.8. The van der Waals surface area contributed by atoms with Gasteiger partial charge in [0.25, 0.3) is 0 Å². The fraction of sp³-hybridized carbons (Fsp3) is 0.500. The first kappa shape index (κ1) is 16.0. The largest absolute Gasteiger partial charge is 0.347 e. The van der Waals surface area contributed by atoms with Crippen LogP contribution < -0.4 is 4.72 Å². The van der Waals surface area contributed by atoms with Crippen molar-refractivity contribution in [3.63, 3.8) is 0 Å². The van der Waals surface area contributed by atoms with Crippen LogP contribution in [0.2, 0.25) is 5.15 Å². The molecule has 0 saturated heterocycles. The van der Waals surface area contributed by atoms with E-state index in [0.717, 1.165) is 0 Å². The summed E-state index contributed by atoms with van der Waals surface area (Å²) >= 11 is 6.04. The average molecular weight is 332 g/mol. The lowest BCUT2D eigenvalue weighted by atomic mass is 10.1. The molecule has 7 nitrogen and oxygen atoms in total. The molecule has 2 aromatic rings. The quantitative estimate of drug-likeness (QED) is 0.873. The summed E-state index contributed by atoms with van der Waals surface area (Å²) < 4.78 is 29.2. The molecule has 21 heavy (non-hydrogen) atoms. The van der Waals surface area contributed by atoms with Gasteiger partial charge in [-0.1, -0.05) is 25.4 Å². The molecule has 1 atom stereocenters. The number of H-pyrrole nitrogens is 1. The number of aromatic amines is 1. The molecular formula is C12H18ClN5O2S. The molecule has 0 aromatic carbocycles. The molecule has 2 N–H and O–H groups in total. The molecule has 2 heterocycles. The first-order chi connectivity index (χ1) is 9.74. The van der Waals surface area contributed by atoms with Crippen molar-refractivity contribution < 1.29 is 8.42 Å². The smallest absolute Gasteiger partial charge is 0.246 e. The van der Waals surface area contributed by atoms with Crippen LogP contribution in [-0.4, -0.2) is 28.2 Å². The van der Waals surface area contributed by atoms with E-state index in [-0.39, 0.29) is 16.0 Å². The van der Waals surface area contributed by atoms with Crippen molar-refractivity contribution in [1.82, 2.24) is 24.5 Å². The molecule has 2 aromatic heterocycles. The molecule has 0 unspecified atom stereocenters. The highest BCUT2D eigenvalue weighted by Gasteiger charge is 2.30. The van der Waals surface area contributed by atoms with Crippen molar-refractivity contribution in [2.45, 2.75) is 31.7 Å². The average Bonchev–Trinajstić information content (AvgIpc) is 2.96. The minimum atomic E-state index is -3.80. The molecular weight excluding hydrogens is 314 g/mol. The maximum absolute atomic E-state index is 12.6. The summed E-state index contributed by atoms with van der Waals surface area (Å²) in [5.74, 6) is 0.577. The second kappa shape index (κ2) is 5.78. The Bertz CT molecular complexity index is 721. The van der Waals surface area contributed by atoms with Gasteiger partial charge in [-0.2, -0.15) is 5.10 Å². The number of sulfonamides is 1. The van der Waals surface area contributed by atoms with Gasteiger partial charge in [-0.05, 0) is 12.8 Å². The Labute approximate surface area is 128 Å². The summed E-state index contributed by atoms with van der Waals surface area (Å²) in [4.78, 5) is 7.07. The summed E-state index contributed by atoms with van der Waals surface area (Å²) in [6.45, 7) is 5.43. The molecule has 0 aliphatic rings. The van der Waals surface area contributed by atoms with E-state index in [2.05, 4.69) is 19.8 Å². The van der Waals surface area contributed by atoms with Gasteiger partial charge < -0.3 is 4.98 Å². The number of aryl methyl sites for hydroxylation is 2. The zero-order valence-corrected chi connectivity index (χ0v) is 13.8. The molecule has 0 amide bonds. The molecule has 9 heteroatoms. The van der Waals surface area contributed by atoms with Crippen molar-refractivity contribution >= 4 is 21.6 Å². The number of imidazole rings is 1. The fourth-order valence-electron chi connectivity index (χ4n) is 2.10. The van der Waals surface area contributed by atoms with Gasteiger partial charge in [-0.15, -0.1) is 0 Å². The fourth-order valence-corrected chi connectivity index (χ4v) is 4.20. The Morgan fingerprint density at radius 2 is 2.10 bits per heavy atom. The Kier molecular flexibility index (Phi) is 4.40. The molecule has 0 fully saturated rings. The summed E-state index contributed by atoms with van der Waals surface area (Å²) in [6.07, 6.45) is 3.24. The lowest BCUT2D eigenvalue weighted by Crippen LogP contribution is -2.33. The lowest BCUT2D eigenvalue weighted by molar-refractivity contribution is 0.446. The number of aromatic nitrogens is 4. The summed E-state index contributed by atoms with van der Waals surface area (Å²) in [7, 11) is -2.20. The molecule has 0 aliphatic heterocycles. The summed E-state index contributed by atoms with van der Waals surface area (Å²) in [5, 5.41) is 4.12. The molecule has 0 radical (unpaired) electrons. The van der Waals surface area contributed by atoms with Gasteiger partial charge in [0, 0.05) is 19.4 Å². The first-order valence-electron chi connectivity index (χ1n) is 6.44. The van der Waals surface area contributed by atoms with Crippen molar-refractivity contribution in [3.8, 4) is 0 Å². The Morgan fingerprint density at radius 1 is 1.43 bits per heavy atom. The van der Waals surface area contributed by atoms with Crippen LogP contribution in [0.25, 0.3) is 0 Å². The second-order valence-electron chi connectivity index (χ2n) is 5.15. The van der Waals surface area contributed by atoms with Crippen LogP contribution in [0.15, 0.2) is 17.3 Å².